The second-order valence-corrected chi connectivity index (χ2v) is 10.5. The van der Waals surface area contributed by atoms with Crippen LogP contribution in [-0.4, -0.2) is 39.4 Å². The molecular weight excluding hydrogens is 424 g/mol. The Kier molecular flexibility index (Phi) is 16.8. The Morgan fingerprint density at radius 1 is 0.750 bits per heavy atom. The number of unbranched alkanes of at least 4 members (excludes halogenated alkanes) is 13. The van der Waals surface area contributed by atoms with Crippen LogP contribution in [0, 0.1) is 6.92 Å². The molecule has 0 aliphatic heterocycles. The first-order valence-electron chi connectivity index (χ1n) is 12.7. The van der Waals surface area contributed by atoms with Gasteiger partial charge in [-0.25, -0.2) is 0 Å². The Bertz CT molecular complexity index is 657. The van der Waals surface area contributed by atoms with E-state index in [1.165, 1.54) is 89.2 Å². The summed E-state index contributed by atoms with van der Waals surface area (Å²) in [6.45, 7) is 4.52. The maximum Gasteiger partial charge on any atom is 0.297 e. The summed E-state index contributed by atoms with van der Waals surface area (Å²) in [5.74, 6) is 0. The van der Waals surface area contributed by atoms with E-state index in [2.05, 4.69) is 6.92 Å². The van der Waals surface area contributed by atoms with Gasteiger partial charge in [-0.05, 0) is 25.5 Å². The van der Waals surface area contributed by atoms with Crippen LogP contribution >= 0.6 is 0 Å². The Morgan fingerprint density at radius 3 is 1.72 bits per heavy atom. The second-order valence-electron chi connectivity index (χ2n) is 8.88. The van der Waals surface area contributed by atoms with Crippen LogP contribution < -0.4 is 0 Å². The predicted octanol–water partition coefficient (Wildman–Crippen LogP) is 6.56. The molecule has 1 N–H and O–H groups in total. The van der Waals surface area contributed by atoms with Gasteiger partial charge in [-0.15, -0.1) is 0 Å². The van der Waals surface area contributed by atoms with Gasteiger partial charge in [0.25, 0.3) is 10.1 Å². The molecule has 0 saturated carbocycles. The zero-order valence-corrected chi connectivity index (χ0v) is 21.2. The molecule has 0 amide bonds. The lowest BCUT2D eigenvalue weighted by atomic mass is 10.0. The number of aliphatic hydroxyl groups is 1. The minimum Gasteiger partial charge on any atom is -0.388 e. The summed E-state index contributed by atoms with van der Waals surface area (Å²) >= 11 is 0. The fourth-order valence-corrected chi connectivity index (χ4v) is 4.55. The minimum absolute atomic E-state index is 0.0852. The fourth-order valence-electron chi connectivity index (χ4n) is 3.61. The molecule has 0 saturated heterocycles. The maximum atomic E-state index is 12.1. The van der Waals surface area contributed by atoms with E-state index in [0.717, 1.165) is 18.4 Å². The summed E-state index contributed by atoms with van der Waals surface area (Å²) in [5, 5.41) is 9.90. The average Bonchev–Trinajstić information content (AvgIpc) is 2.78. The monoisotopic (exact) mass is 470 g/mol. The van der Waals surface area contributed by atoms with E-state index in [-0.39, 0.29) is 18.1 Å². The normalized spacial score (nSPS) is 12.8. The summed E-state index contributed by atoms with van der Waals surface area (Å²) in [6, 6.07) is 6.44. The van der Waals surface area contributed by atoms with Crippen molar-refractivity contribution in [1.82, 2.24) is 0 Å². The first-order valence-corrected chi connectivity index (χ1v) is 14.1. The summed E-state index contributed by atoms with van der Waals surface area (Å²) in [4.78, 5) is 0.0960. The molecule has 1 aromatic rings. The van der Waals surface area contributed by atoms with Gasteiger partial charge in [0, 0.05) is 6.61 Å². The van der Waals surface area contributed by atoms with E-state index < -0.39 is 16.2 Å². The fraction of sp³-hybridized carbons (Fsp3) is 0.769. The van der Waals surface area contributed by atoms with Crippen LogP contribution in [0.4, 0.5) is 0 Å². The smallest absolute Gasteiger partial charge is 0.297 e. The molecule has 0 bridgehead atoms. The second kappa shape index (κ2) is 18.5. The molecule has 0 aliphatic rings. The van der Waals surface area contributed by atoms with Crippen LogP contribution in [0.25, 0.3) is 0 Å². The van der Waals surface area contributed by atoms with Gasteiger partial charge in [0.1, 0.15) is 6.10 Å². The Hall–Kier alpha value is -0.950. The third kappa shape index (κ3) is 15.0. The van der Waals surface area contributed by atoms with Gasteiger partial charge in [-0.1, -0.05) is 108 Å². The van der Waals surface area contributed by atoms with Crippen LogP contribution in [0.3, 0.4) is 0 Å². The van der Waals surface area contributed by atoms with Crippen molar-refractivity contribution in [3.63, 3.8) is 0 Å². The van der Waals surface area contributed by atoms with Gasteiger partial charge >= 0.3 is 0 Å². The molecule has 0 aliphatic carbocycles. The molecule has 0 radical (unpaired) electrons. The maximum absolute atomic E-state index is 12.1. The SMILES string of the molecule is CCCCCCCCCCCCCCCCOC[C@H](O)COS(=O)(=O)c1ccc(C)cc1. The van der Waals surface area contributed by atoms with Crippen LogP contribution in [0.2, 0.25) is 0 Å². The molecule has 0 aromatic heterocycles. The van der Waals surface area contributed by atoms with Crippen molar-refractivity contribution in [2.75, 3.05) is 19.8 Å². The van der Waals surface area contributed by atoms with E-state index in [0.29, 0.717) is 6.61 Å². The molecule has 0 unspecified atom stereocenters. The van der Waals surface area contributed by atoms with Crippen LogP contribution in [-0.2, 0) is 19.0 Å². The van der Waals surface area contributed by atoms with Crippen LogP contribution in [0.5, 0.6) is 0 Å². The van der Waals surface area contributed by atoms with Gasteiger partial charge in [0.05, 0.1) is 18.1 Å². The van der Waals surface area contributed by atoms with Crippen molar-refractivity contribution in [2.45, 2.75) is 115 Å². The number of benzene rings is 1. The average molecular weight is 471 g/mol. The number of rotatable bonds is 21. The van der Waals surface area contributed by atoms with Crippen LogP contribution in [0.1, 0.15) is 102 Å². The number of hydrogen-bond acceptors (Lipinski definition) is 5. The van der Waals surface area contributed by atoms with Gasteiger partial charge in [-0.3, -0.25) is 4.18 Å². The molecule has 1 aromatic carbocycles. The molecule has 5 nitrogen and oxygen atoms in total. The van der Waals surface area contributed by atoms with Gasteiger partial charge in [0.15, 0.2) is 0 Å². The highest BCUT2D eigenvalue weighted by Gasteiger charge is 2.17. The third-order valence-corrected chi connectivity index (χ3v) is 6.97. The Balaban J connectivity index is 1.90. The molecule has 32 heavy (non-hydrogen) atoms. The highest BCUT2D eigenvalue weighted by molar-refractivity contribution is 7.86. The summed E-state index contributed by atoms with van der Waals surface area (Å²) in [7, 11) is -3.85. The Labute approximate surface area is 197 Å². The third-order valence-electron chi connectivity index (χ3n) is 5.68. The lowest BCUT2D eigenvalue weighted by Gasteiger charge is -2.12. The number of aryl methyl sites for hydroxylation is 1. The van der Waals surface area contributed by atoms with E-state index in [9.17, 15) is 13.5 Å². The first-order chi connectivity index (χ1) is 15.5. The molecule has 1 atom stereocenters. The van der Waals surface area contributed by atoms with Gasteiger partial charge in [-0.2, -0.15) is 8.42 Å². The molecule has 6 heteroatoms. The highest BCUT2D eigenvalue weighted by Crippen LogP contribution is 2.14. The van der Waals surface area contributed by atoms with Crippen molar-refractivity contribution < 1.29 is 22.4 Å². The van der Waals surface area contributed by atoms with Crippen LogP contribution in [0.15, 0.2) is 29.2 Å². The van der Waals surface area contributed by atoms with Gasteiger partial charge in [0.2, 0.25) is 0 Å². The standard InChI is InChI=1S/C26H46O5S/c1-3-4-5-6-7-8-9-10-11-12-13-14-15-16-21-30-22-25(27)23-31-32(28,29)26-19-17-24(2)18-20-26/h17-20,25,27H,3-16,21-23H2,1-2H3/t25-/m0/s1. The van der Waals surface area contributed by atoms with Crippen molar-refractivity contribution >= 4 is 10.1 Å². The predicted molar refractivity (Wildman–Crippen MR) is 131 cm³/mol. The number of ether oxygens (including phenoxy) is 1. The molecule has 186 valence electrons. The summed E-state index contributed by atoms with van der Waals surface area (Å²) < 4.78 is 34.6. The van der Waals surface area contributed by atoms with Gasteiger partial charge < -0.3 is 9.84 Å². The summed E-state index contributed by atoms with van der Waals surface area (Å²) in [5.41, 5.74) is 0.973. The molecule has 0 spiro atoms. The number of hydrogen-bond donors (Lipinski definition) is 1. The quantitative estimate of drug-likeness (QED) is 0.163. The number of aliphatic hydroxyl groups excluding tert-OH is 1. The zero-order chi connectivity index (χ0) is 23.5. The van der Waals surface area contributed by atoms with Crippen molar-refractivity contribution in [1.29, 1.82) is 0 Å². The van der Waals surface area contributed by atoms with E-state index in [4.69, 9.17) is 8.92 Å². The molecule has 0 fully saturated rings. The van der Waals surface area contributed by atoms with E-state index >= 15 is 0 Å². The largest absolute Gasteiger partial charge is 0.388 e. The first kappa shape index (κ1) is 29.1. The lowest BCUT2D eigenvalue weighted by Crippen LogP contribution is -2.24. The lowest BCUT2D eigenvalue weighted by molar-refractivity contribution is 0.0122. The topological polar surface area (TPSA) is 72.8 Å². The highest BCUT2D eigenvalue weighted by atomic mass is 32.2. The zero-order valence-electron chi connectivity index (χ0n) is 20.4. The summed E-state index contributed by atoms with van der Waals surface area (Å²) in [6.07, 6.45) is 17.4. The minimum atomic E-state index is -3.85. The van der Waals surface area contributed by atoms with Crippen molar-refractivity contribution in [3.05, 3.63) is 29.8 Å². The molecule has 1 rings (SSSR count). The molecule has 0 heterocycles. The molecular formula is C26H46O5S. The van der Waals surface area contributed by atoms with E-state index in [1.54, 1.807) is 12.1 Å². The Morgan fingerprint density at radius 2 is 1.22 bits per heavy atom. The van der Waals surface area contributed by atoms with E-state index in [1.807, 2.05) is 6.92 Å². The van der Waals surface area contributed by atoms with Crippen molar-refractivity contribution in [3.8, 4) is 0 Å². The van der Waals surface area contributed by atoms with Crippen molar-refractivity contribution in [2.24, 2.45) is 0 Å².